The summed E-state index contributed by atoms with van der Waals surface area (Å²) in [6.45, 7) is 2.08. The van der Waals surface area contributed by atoms with Crippen LogP contribution in [0.25, 0.3) is 6.08 Å². The standard InChI is InChI=1S/C14H20N2O2/c1-11(3-2-10-17)16-14(18)9-6-12-4-7-13(15)8-5-12/h4-9,11,17H,2-3,10,15H2,1H3,(H,16,18)/b9-6+. The highest BCUT2D eigenvalue weighted by molar-refractivity contribution is 5.91. The number of rotatable bonds is 6. The fourth-order valence-corrected chi connectivity index (χ4v) is 1.54. The Balaban J connectivity index is 2.41. The number of carbonyl (C=O) groups is 1. The maximum absolute atomic E-state index is 11.6. The van der Waals surface area contributed by atoms with Gasteiger partial charge in [0, 0.05) is 24.4 Å². The number of aliphatic hydroxyl groups is 1. The zero-order valence-corrected chi connectivity index (χ0v) is 10.6. The van der Waals surface area contributed by atoms with Crippen molar-refractivity contribution in [1.29, 1.82) is 0 Å². The van der Waals surface area contributed by atoms with Gasteiger partial charge in [0.1, 0.15) is 0 Å². The van der Waals surface area contributed by atoms with E-state index in [-0.39, 0.29) is 18.6 Å². The molecule has 0 heterocycles. The van der Waals surface area contributed by atoms with Crippen molar-refractivity contribution in [3.8, 4) is 0 Å². The summed E-state index contributed by atoms with van der Waals surface area (Å²) in [6.07, 6.45) is 4.72. The third kappa shape index (κ3) is 5.50. The molecule has 0 radical (unpaired) electrons. The number of nitrogens with one attached hydrogen (secondary N) is 1. The summed E-state index contributed by atoms with van der Waals surface area (Å²) < 4.78 is 0. The van der Waals surface area contributed by atoms with E-state index in [1.807, 2.05) is 19.1 Å². The van der Waals surface area contributed by atoms with Gasteiger partial charge in [0.05, 0.1) is 0 Å². The van der Waals surface area contributed by atoms with Gasteiger partial charge in [-0.3, -0.25) is 4.79 Å². The maximum atomic E-state index is 11.6. The summed E-state index contributed by atoms with van der Waals surface area (Å²) in [5, 5.41) is 11.5. The van der Waals surface area contributed by atoms with E-state index in [9.17, 15) is 4.79 Å². The average Bonchev–Trinajstić information content (AvgIpc) is 2.35. The first-order valence-electron chi connectivity index (χ1n) is 6.07. The summed E-state index contributed by atoms with van der Waals surface area (Å²) in [5.41, 5.74) is 7.21. The van der Waals surface area contributed by atoms with Crippen LogP contribution in [-0.2, 0) is 4.79 Å². The third-order valence-corrected chi connectivity index (χ3v) is 2.55. The van der Waals surface area contributed by atoms with Crippen molar-refractivity contribution in [2.45, 2.75) is 25.8 Å². The third-order valence-electron chi connectivity index (χ3n) is 2.55. The topological polar surface area (TPSA) is 75.3 Å². The van der Waals surface area contributed by atoms with Gasteiger partial charge in [0.25, 0.3) is 0 Å². The fraction of sp³-hybridized carbons (Fsp3) is 0.357. The monoisotopic (exact) mass is 248 g/mol. The molecule has 0 aliphatic rings. The number of carbonyl (C=O) groups excluding carboxylic acids is 1. The number of anilines is 1. The van der Waals surface area contributed by atoms with Crippen LogP contribution in [0.2, 0.25) is 0 Å². The molecule has 18 heavy (non-hydrogen) atoms. The SMILES string of the molecule is CC(CCCO)NC(=O)/C=C/c1ccc(N)cc1. The Morgan fingerprint density at radius 3 is 2.72 bits per heavy atom. The summed E-state index contributed by atoms with van der Waals surface area (Å²) in [4.78, 5) is 11.6. The van der Waals surface area contributed by atoms with Gasteiger partial charge in [0.15, 0.2) is 0 Å². The fourth-order valence-electron chi connectivity index (χ4n) is 1.54. The van der Waals surface area contributed by atoms with Crippen molar-refractivity contribution in [1.82, 2.24) is 5.32 Å². The Bertz CT molecular complexity index is 399. The predicted molar refractivity (Wildman–Crippen MR) is 73.8 cm³/mol. The van der Waals surface area contributed by atoms with Crippen molar-refractivity contribution < 1.29 is 9.90 Å². The van der Waals surface area contributed by atoms with Gasteiger partial charge < -0.3 is 16.2 Å². The zero-order chi connectivity index (χ0) is 13.4. The Morgan fingerprint density at radius 1 is 1.44 bits per heavy atom. The summed E-state index contributed by atoms with van der Waals surface area (Å²) in [6, 6.07) is 7.37. The van der Waals surface area contributed by atoms with E-state index in [1.165, 1.54) is 6.08 Å². The highest BCUT2D eigenvalue weighted by atomic mass is 16.2. The molecular formula is C14H20N2O2. The number of nitrogens with two attached hydrogens (primary N) is 1. The minimum atomic E-state index is -0.128. The molecule has 1 unspecified atom stereocenters. The second kappa shape index (κ2) is 7.50. The van der Waals surface area contributed by atoms with E-state index < -0.39 is 0 Å². The molecule has 0 aromatic heterocycles. The molecule has 98 valence electrons. The van der Waals surface area contributed by atoms with Gasteiger partial charge >= 0.3 is 0 Å². The van der Waals surface area contributed by atoms with E-state index in [2.05, 4.69) is 5.32 Å². The van der Waals surface area contributed by atoms with Crippen molar-refractivity contribution >= 4 is 17.7 Å². The first-order chi connectivity index (χ1) is 8.61. The van der Waals surface area contributed by atoms with Crippen LogP contribution >= 0.6 is 0 Å². The lowest BCUT2D eigenvalue weighted by atomic mass is 10.1. The molecule has 4 N–H and O–H groups in total. The molecule has 1 rings (SSSR count). The molecule has 0 bridgehead atoms. The summed E-state index contributed by atoms with van der Waals surface area (Å²) >= 11 is 0. The number of hydrogen-bond donors (Lipinski definition) is 3. The van der Waals surface area contributed by atoms with Gasteiger partial charge in [-0.2, -0.15) is 0 Å². The lowest BCUT2D eigenvalue weighted by Gasteiger charge is -2.10. The van der Waals surface area contributed by atoms with Crippen LogP contribution in [0.15, 0.2) is 30.3 Å². The minimum absolute atomic E-state index is 0.0701. The van der Waals surface area contributed by atoms with Crippen molar-refractivity contribution in [3.05, 3.63) is 35.9 Å². The summed E-state index contributed by atoms with van der Waals surface area (Å²) in [7, 11) is 0. The smallest absolute Gasteiger partial charge is 0.244 e. The quantitative estimate of drug-likeness (QED) is 0.528. The van der Waals surface area contributed by atoms with Crippen LogP contribution in [0.4, 0.5) is 5.69 Å². The average molecular weight is 248 g/mol. The van der Waals surface area contributed by atoms with Crippen LogP contribution in [0.5, 0.6) is 0 Å². The number of hydrogen-bond acceptors (Lipinski definition) is 3. The van der Waals surface area contributed by atoms with Gasteiger partial charge in [-0.15, -0.1) is 0 Å². The van der Waals surface area contributed by atoms with Crippen LogP contribution in [0.3, 0.4) is 0 Å². The van der Waals surface area contributed by atoms with Gasteiger partial charge in [0.2, 0.25) is 5.91 Å². The number of nitrogen functional groups attached to an aromatic ring is 1. The second-order valence-electron chi connectivity index (χ2n) is 4.28. The number of aliphatic hydroxyl groups excluding tert-OH is 1. The van der Waals surface area contributed by atoms with Gasteiger partial charge in [-0.25, -0.2) is 0 Å². The predicted octanol–water partition coefficient (Wildman–Crippen LogP) is 1.56. The Kier molecular flexibility index (Phi) is 5.94. The molecule has 1 atom stereocenters. The highest BCUT2D eigenvalue weighted by Gasteiger charge is 2.03. The molecule has 0 saturated heterocycles. The minimum Gasteiger partial charge on any atom is -0.399 e. The van der Waals surface area contributed by atoms with Crippen molar-refractivity contribution in [2.24, 2.45) is 0 Å². The molecule has 0 aliphatic heterocycles. The van der Waals surface area contributed by atoms with Crippen molar-refractivity contribution in [2.75, 3.05) is 12.3 Å². The first-order valence-corrected chi connectivity index (χ1v) is 6.07. The molecule has 0 spiro atoms. The van der Waals surface area contributed by atoms with E-state index in [0.29, 0.717) is 12.1 Å². The van der Waals surface area contributed by atoms with Crippen LogP contribution in [-0.4, -0.2) is 23.7 Å². The normalized spacial score (nSPS) is 12.6. The molecule has 0 saturated carbocycles. The highest BCUT2D eigenvalue weighted by Crippen LogP contribution is 2.06. The Hall–Kier alpha value is -1.81. The maximum Gasteiger partial charge on any atom is 0.244 e. The van der Waals surface area contributed by atoms with E-state index in [0.717, 1.165) is 12.0 Å². The molecule has 1 aromatic rings. The Labute approximate surface area is 108 Å². The lowest BCUT2D eigenvalue weighted by Crippen LogP contribution is -2.31. The molecular weight excluding hydrogens is 228 g/mol. The molecule has 1 amide bonds. The largest absolute Gasteiger partial charge is 0.399 e. The van der Waals surface area contributed by atoms with Gasteiger partial charge in [-0.1, -0.05) is 12.1 Å². The van der Waals surface area contributed by atoms with Crippen molar-refractivity contribution in [3.63, 3.8) is 0 Å². The Morgan fingerprint density at radius 2 is 2.11 bits per heavy atom. The molecule has 0 aliphatic carbocycles. The van der Waals surface area contributed by atoms with Crippen LogP contribution in [0, 0.1) is 0 Å². The van der Waals surface area contributed by atoms with Crippen LogP contribution in [0.1, 0.15) is 25.3 Å². The molecule has 0 fully saturated rings. The molecule has 1 aromatic carbocycles. The zero-order valence-electron chi connectivity index (χ0n) is 10.6. The number of benzene rings is 1. The molecule has 4 nitrogen and oxygen atoms in total. The van der Waals surface area contributed by atoms with E-state index >= 15 is 0 Å². The summed E-state index contributed by atoms with van der Waals surface area (Å²) in [5.74, 6) is -0.128. The first kappa shape index (κ1) is 14.3. The second-order valence-corrected chi connectivity index (χ2v) is 4.28. The van der Waals surface area contributed by atoms with E-state index in [4.69, 9.17) is 10.8 Å². The lowest BCUT2D eigenvalue weighted by molar-refractivity contribution is -0.117. The van der Waals surface area contributed by atoms with Crippen LogP contribution < -0.4 is 11.1 Å². The van der Waals surface area contributed by atoms with E-state index in [1.54, 1.807) is 18.2 Å². The molecule has 4 heteroatoms. The van der Waals surface area contributed by atoms with Gasteiger partial charge in [-0.05, 0) is 43.5 Å². The number of amides is 1.